The van der Waals surface area contributed by atoms with Crippen LogP contribution in [-0.4, -0.2) is 50.2 Å². The lowest BCUT2D eigenvalue weighted by molar-refractivity contribution is 0.172. The molecular weight excluding hydrogens is 246 g/mol. The second-order valence-corrected chi connectivity index (χ2v) is 6.20. The first kappa shape index (κ1) is 13.9. The van der Waals surface area contributed by atoms with Gasteiger partial charge < -0.3 is 10.2 Å². The molecule has 1 atom stereocenters. The van der Waals surface area contributed by atoms with Gasteiger partial charge in [0.15, 0.2) is 0 Å². The number of piperazine rings is 1. The van der Waals surface area contributed by atoms with Crippen molar-refractivity contribution in [3.63, 3.8) is 0 Å². The Kier molecular flexibility index (Phi) is 4.58. The van der Waals surface area contributed by atoms with Gasteiger partial charge in [0, 0.05) is 37.9 Å². The Bertz CT molecular complexity index is 416. The van der Waals surface area contributed by atoms with E-state index in [0.29, 0.717) is 0 Å². The lowest BCUT2D eigenvalue weighted by Gasteiger charge is -2.40. The van der Waals surface area contributed by atoms with Crippen LogP contribution in [0.1, 0.15) is 24.8 Å². The molecule has 20 heavy (non-hydrogen) atoms. The fourth-order valence-electron chi connectivity index (χ4n) is 3.54. The van der Waals surface area contributed by atoms with Crippen LogP contribution in [-0.2, 0) is 0 Å². The van der Waals surface area contributed by atoms with Gasteiger partial charge in [0.05, 0.1) is 0 Å². The van der Waals surface area contributed by atoms with E-state index in [1.54, 1.807) is 0 Å². The minimum absolute atomic E-state index is 0.810. The molecule has 0 radical (unpaired) electrons. The van der Waals surface area contributed by atoms with Crippen LogP contribution in [0.3, 0.4) is 0 Å². The van der Waals surface area contributed by atoms with Gasteiger partial charge in [-0.05, 0) is 57.0 Å². The fraction of sp³-hybridized carbons (Fsp3) is 0.647. The van der Waals surface area contributed by atoms with E-state index in [0.717, 1.165) is 6.04 Å². The summed E-state index contributed by atoms with van der Waals surface area (Å²) in [5, 5.41) is 3.52. The molecule has 1 N–H and O–H groups in total. The molecule has 2 saturated heterocycles. The first-order chi connectivity index (χ1) is 9.83. The van der Waals surface area contributed by atoms with Crippen LogP contribution < -0.4 is 10.2 Å². The van der Waals surface area contributed by atoms with Gasteiger partial charge in [-0.1, -0.05) is 12.1 Å². The molecule has 0 bridgehead atoms. The Hall–Kier alpha value is -1.06. The molecule has 0 saturated carbocycles. The number of hydrogen-bond acceptors (Lipinski definition) is 3. The molecule has 1 aromatic carbocycles. The maximum atomic E-state index is 3.52. The summed E-state index contributed by atoms with van der Waals surface area (Å²) in [6.07, 6.45) is 4.03. The molecule has 0 spiro atoms. The Labute approximate surface area is 123 Å². The predicted octanol–water partition coefficient (Wildman–Crippen LogP) is 2.26. The highest BCUT2D eigenvalue weighted by Gasteiger charge is 2.24. The topological polar surface area (TPSA) is 18.5 Å². The number of aryl methyl sites for hydroxylation is 1. The lowest BCUT2D eigenvalue weighted by atomic mass is 10.1. The lowest BCUT2D eigenvalue weighted by Crippen LogP contribution is -2.50. The van der Waals surface area contributed by atoms with Crippen LogP contribution in [0.4, 0.5) is 5.69 Å². The first-order valence-corrected chi connectivity index (χ1v) is 8.09. The third-order valence-electron chi connectivity index (χ3n) is 4.74. The van der Waals surface area contributed by atoms with Crippen molar-refractivity contribution < 1.29 is 0 Å². The zero-order valence-corrected chi connectivity index (χ0v) is 12.6. The van der Waals surface area contributed by atoms with Crippen molar-refractivity contribution in [1.82, 2.24) is 10.2 Å². The third-order valence-corrected chi connectivity index (χ3v) is 4.74. The summed E-state index contributed by atoms with van der Waals surface area (Å²) in [6, 6.07) is 9.72. The smallest absolute Gasteiger partial charge is 0.0369 e. The molecule has 3 rings (SSSR count). The second kappa shape index (κ2) is 6.59. The van der Waals surface area contributed by atoms with E-state index in [1.807, 2.05) is 0 Å². The Balaban J connectivity index is 1.56. The van der Waals surface area contributed by atoms with E-state index in [9.17, 15) is 0 Å². The number of nitrogens with one attached hydrogen (secondary N) is 1. The molecule has 2 aliphatic heterocycles. The van der Waals surface area contributed by atoms with Crippen LogP contribution in [0.15, 0.2) is 24.3 Å². The van der Waals surface area contributed by atoms with Crippen LogP contribution in [0.25, 0.3) is 0 Å². The molecule has 3 heteroatoms. The maximum absolute atomic E-state index is 3.52. The third kappa shape index (κ3) is 3.33. The van der Waals surface area contributed by atoms with Crippen molar-refractivity contribution >= 4 is 5.69 Å². The highest BCUT2D eigenvalue weighted by Crippen LogP contribution is 2.20. The number of hydrogen-bond donors (Lipinski definition) is 1. The van der Waals surface area contributed by atoms with Crippen LogP contribution in [0.5, 0.6) is 0 Å². The van der Waals surface area contributed by atoms with E-state index >= 15 is 0 Å². The highest BCUT2D eigenvalue weighted by atomic mass is 15.3. The van der Waals surface area contributed by atoms with Crippen molar-refractivity contribution in [3.05, 3.63) is 29.8 Å². The first-order valence-electron chi connectivity index (χ1n) is 8.09. The van der Waals surface area contributed by atoms with Crippen LogP contribution >= 0.6 is 0 Å². The van der Waals surface area contributed by atoms with E-state index in [1.165, 1.54) is 69.8 Å². The molecule has 0 aromatic heterocycles. The summed E-state index contributed by atoms with van der Waals surface area (Å²) in [5.41, 5.74) is 2.76. The quantitative estimate of drug-likeness (QED) is 0.892. The van der Waals surface area contributed by atoms with E-state index in [2.05, 4.69) is 46.3 Å². The maximum Gasteiger partial charge on any atom is 0.0369 e. The van der Waals surface area contributed by atoms with Gasteiger partial charge in [0.1, 0.15) is 0 Å². The molecule has 0 aliphatic carbocycles. The number of benzene rings is 1. The summed E-state index contributed by atoms with van der Waals surface area (Å²) in [6.45, 7) is 9.37. The van der Waals surface area contributed by atoms with Crippen LogP contribution in [0.2, 0.25) is 0 Å². The van der Waals surface area contributed by atoms with Gasteiger partial charge in [-0.25, -0.2) is 0 Å². The summed E-state index contributed by atoms with van der Waals surface area (Å²) in [4.78, 5) is 5.26. The Morgan fingerprint density at radius 3 is 2.70 bits per heavy atom. The molecule has 2 heterocycles. The summed E-state index contributed by atoms with van der Waals surface area (Å²) in [5.74, 6) is 0. The van der Waals surface area contributed by atoms with Crippen molar-refractivity contribution in [2.45, 2.75) is 32.2 Å². The predicted molar refractivity (Wildman–Crippen MR) is 85.5 cm³/mol. The number of anilines is 1. The average molecular weight is 273 g/mol. The van der Waals surface area contributed by atoms with Gasteiger partial charge in [0.25, 0.3) is 0 Å². The largest absolute Gasteiger partial charge is 0.369 e. The van der Waals surface area contributed by atoms with E-state index in [4.69, 9.17) is 0 Å². The van der Waals surface area contributed by atoms with Gasteiger partial charge in [-0.3, -0.25) is 4.90 Å². The molecular formula is C17H27N3. The van der Waals surface area contributed by atoms with Gasteiger partial charge in [0.2, 0.25) is 0 Å². The summed E-state index contributed by atoms with van der Waals surface area (Å²) < 4.78 is 0. The molecule has 1 unspecified atom stereocenters. The zero-order chi connectivity index (χ0) is 13.8. The minimum atomic E-state index is 0.810. The zero-order valence-electron chi connectivity index (χ0n) is 12.6. The van der Waals surface area contributed by atoms with Gasteiger partial charge >= 0.3 is 0 Å². The number of nitrogens with zero attached hydrogens (tertiary/aromatic N) is 2. The Morgan fingerprint density at radius 1 is 1.05 bits per heavy atom. The molecule has 2 fully saturated rings. The normalized spacial score (nSPS) is 25.4. The second-order valence-electron chi connectivity index (χ2n) is 6.20. The number of rotatable bonds is 2. The Morgan fingerprint density at radius 2 is 1.90 bits per heavy atom. The van der Waals surface area contributed by atoms with Gasteiger partial charge in [-0.2, -0.15) is 0 Å². The van der Waals surface area contributed by atoms with Crippen molar-refractivity contribution in [2.75, 3.05) is 44.2 Å². The standard InChI is InChI=1S/C17H27N3/c1-15-4-2-5-17(14-15)20-12-10-19(11-13-20)16-6-3-8-18-9-7-16/h2,4-5,14,16,18H,3,6-13H2,1H3. The van der Waals surface area contributed by atoms with Crippen molar-refractivity contribution in [2.24, 2.45) is 0 Å². The SMILES string of the molecule is Cc1cccc(N2CCN(C3CCCNCC3)CC2)c1. The monoisotopic (exact) mass is 273 g/mol. The van der Waals surface area contributed by atoms with Crippen molar-refractivity contribution in [3.8, 4) is 0 Å². The average Bonchev–Trinajstić information content (AvgIpc) is 2.76. The fourth-order valence-corrected chi connectivity index (χ4v) is 3.54. The van der Waals surface area contributed by atoms with E-state index < -0.39 is 0 Å². The summed E-state index contributed by atoms with van der Waals surface area (Å²) >= 11 is 0. The minimum Gasteiger partial charge on any atom is -0.369 e. The molecule has 2 aliphatic rings. The van der Waals surface area contributed by atoms with Crippen molar-refractivity contribution in [1.29, 1.82) is 0 Å². The van der Waals surface area contributed by atoms with Crippen LogP contribution in [0, 0.1) is 6.92 Å². The molecule has 110 valence electrons. The molecule has 3 nitrogen and oxygen atoms in total. The molecule has 0 amide bonds. The molecule has 1 aromatic rings. The highest BCUT2D eigenvalue weighted by molar-refractivity contribution is 5.48. The van der Waals surface area contributed by atoms with Gasteiger partial charge in [-0.15, -0.1) is 0 Å². The van der Waals surface area contributed by atoms with E-state index in [-0.39, 0.29) is 0 Å². The summed E-state index contributed by atoms with van der Waals surface area (Å²) in [7, 11) is 0.